The Morgan fingerprint density at radius 2 is 2.10 bits per heavy atom. The first-order valence-corrected chi connectivity index (χ1v) is 8.80. The van der Waals surface area contributed by atoms with Gasteiger partial charge in [-0.15, -0.1) is 0 Å². The largest absolute Gasteiger partial charge is 0.496 e. The van der Waals surface area contributed by atoms with E-state index >= 15 is 0 Å². The maximum Gasteiger partial charge on any atom is 0.122 e. The van der Waals surface area contributed by atoms with Gasteiger partial charge in [0.2, 0.25) is 0 Å². The lowest BCUT2D eigenvalue weighted by Crippen LogP contribution is -2.37. The van der Waals surface area contributed by atoms with Crippen LogP contribution in [-0.2, 0) is 6.42 Å². The molecule has 1 aromatic rings. The van der Waals surface area contributed by atoms with Crippen LogP contribution in [0.5, 0.6) is 5.75 Å². The number of hydrogen-bond acceptors (Lipinski definition) is 3. The highest BCUT2D eigenvalue weighted by atomic mass is 79.9. The zero-order chi connectivity index (χ0) is 15.1. The Balaban J connectivity index is 1.90. The van der Waals surface area contributed by atoms with Crippen molar-refractivity contribution < 1.29 is 4.74 Å². The molecule has 0 heterocycles. The molecule has 0 saturated heterocycles. The first-order valence-electron chi connectivity index (χ1n) is 8.01. The van der Waals surface area contributed by atoms with Gasteiger partial charge in [0, 0.05) is 10.5 Å². The summed E-state index contributed by atoms with van der Waals surface area (Å²) < 4.78 is 6.54. The molecule has 1 saturated carbocycles. The number of ether oxygens (including phenoxy) is 1. The molecule has 1 atom stereocenters. The third-order valence-electron chi connectivity index (χ3n) is 4.59. The van der Waals surface area contributed by atoms with Crippen LogP contribution < -0.4 is 16.0 Å². The second kappa shape index (κ2) is 8.76. The highest BCUT2D eigenvalue weighted by Gasteiger charge is 2.17. The van der Waals surface area contributed by atoms with Crippen LogP contribution in [0.3, 0.4) is 0 Å². The van der Waals surface area contributed by atoms with Gasteiger partial charge in [0.15, 0.2) is 0 Å². The summed E-state index contributed by atoms with van der Waals surface area (Å²) in [5, 5.41) is 0. The zero-order valence-electron chi connectivity index (χ0n) is 12.9. The number of methoxy groups -OCH3 is 1. The van der Waals surface area contributed by atoms with Crippen LogP contribution in [0.1, 0.15) is 50.5 Å². The number of rotatable bonds is 7. The normalized spacial score (nSPS) is 17.7. The van der Waals surface area contributed by atoms with Crippen LogP contribution >= 0.6 is 15.9 Å². The Bertz CT molecular complexity index is 433. The van der Waals surface area contributed by atoms with Crippen LogP contribution in [0, 0.1) is 5.92 Å². The third kappa shape index (κ3) is 5.28. The summed E-state index contributed by atoms with van der Waals surface area (Å²) in [5.41, 5.74) is 4.20. The molecule has 0 radical (unpaired) electrons. The Hall–Kier alpha value is -0.580. The summed E-state index contributed by atoms with van der Waals surface area (Å²) in [4.78, 5) is 0. The van der Waals surface area contributed by atoms with Crippen LogP contribution in [-0.4, -0.2) is 13.2 Å². The number of nitrogens with two attached hydrogens (primary N) is 1. The van der Waals surface area contributed by atoms with Crippen molar-refractivity contribution in [3.8, 4) is 5.75 Å². The van der Waals surface area contributed by atoms with Crippen molar-refractivity contribution in [2.45, 2.75) is 57.4 Å². The average molecular weight is 355 g/mol. The third-order valence-corrected chi connectivity index (χ3v) is 5.09. The monoisotopic (exact) mass is 354 g/mol. The molecule has 0 aliphatic heterocycles. The lowest BCUT2D eigenvalue weighted by Gasteiger charge is -2.24. The summed E-state index contributed by atoms with van der Waals surface area (Å²) >= 11 is 3.53. The van der Waals surface area contributed by atoms with Crippen molar-refractivity contribution in [2.24, 2.45) is 11.8 Å². The van der Waals surface area contributed by atoms with Gasteiger partial charge >= 0.3 is 0 Å². The van der Waals surface area contributed by atoms with E-state index in [0.717, 1.165) is 29.0 Å². The molecule has 1 aliphatic carbocycles. The maximum absolute atomic E-state index is 5.76. The van der Waals surface area contributed by atoms with E-state index in [9.17, 15) is 0 Å². The lowest BCUT2D eigenvalue weighted by atomic mass is 9.84. The summed E-state index contributed by atoms with van der Waals surface area (Å²) in [6.45, 7) is 0. The number of hydrogen-bond donors (Lipinski definition) is 2. The number of nitrogens with one attached hydrogen (secondary N) is 1. The molecule has 0 bridgehead atoms. The van der Waals surface area contributed by atoms with Gasteiger partial charge in [0.05, 0.1) is 7.11 Å². The van der Waals surface area contributed by atoms with Crippen molar-refractivity contribution in [3.63, 3.8) is 0 Å². The topological polar surface area (TPSA) is 47.3 Å². The summed E-state index contributed by atoms with van der Waals surface area (Å²) in [6, 6.07) is 6.46. The average Bonchev–Trinajstić information content (AvgIpc) is 2.52. The highest BCUT2D eigenvalue weighted by molar-refractivity contribution is 9.10. The molecule has 4 heteroatoms. The van der Waals surface area contributed by atoms with E-state index in [-0.39, 0.29) is 0 Å². The van der Waals surface area contributed by atoms with E-state index in [2.05, 4.69) is 27.4 Å². The Kier molecular flexibility index (Phi) is 7.00. The standard InChI is InChI=1S/C17H27BrN2O/c1-21-17-10-8-15(18)11-14(17)12-16(20-19)9-7-13-5-3-2-4-6-13/h8,10-11,13,16,20H,2-7,9,12,19H2,1H3. The summed E-state index contributed by atoms with van der Waals surface area (Å²) in [6.07, 6.45) is 10.4. The minimum Gasteiger partial charge on any atom is -0.496 e. The molecule has 1 unspecified atom stereocenters. The van der Waals surface area contributed by atoms with E-state index in [4.69, 9.17) is 10.6 Å². The van der Waals surface area contributed by atoms with Crippen LogP contribution in [0.4, 0.5) is 0 Å². The quantitative estimate of drug-likeness (QED) is 0.569. The fourth-order valence-corrected chi connectivity index (χ4v) is 3.74. The molecule has 3 nitrogen and oxygen atoms in total. The predicted octanol–water partition coefficient (Wildman–Crippen LogP) is 4.19. The van der Waals surface area contributed by atoms with Crippen molar-refractivity contribution in [1.29, 1.82) is 0 Å². The van der Waals surface area contributed by atoms with Crippen molar-refractivity contribution in [3.05, 3.63) is 28.2 Å². The Morgan fingerprint density at radius 3 is 2.76 bits per heavy atom. The molecule has 1 aromatic carbocycles. The number of halogens is 1. The van der Waals surface area contributed by atoms with E-state index < -0.39 is 0 Å². The molecule has 0 aromatic heterocycles. The fraction of sp³-hybridized carbons (Fsp3) is 0.647. The molecule has 118 valence electrons. The molecule has 1 fully saturated rings. The molecule has 1 aliphatic rings. The van der Waals surface area contributed by atoms with Crippen molar-refractivity contribution in [2.75, 3.05) is 7.11 Å². The number of benzene rings is 1. The molecule has 2 rings (SSSR count). The maximum atomic E-state index is 5.76. The van der Waals surface area contributed by atoms with Crippen molar-refractivity contribution in [1.82, 2.24) is 5.43 Å². The van der Waals surface area contributed by atoms with Crippen molar-refractivity contribution >= 4 is 15.9 Å². The first-order chi connectivity index (χ1) is 10.2. The van der Waals surface area contributed by atoms with Crippen LogP contribution in [0.25, 0.3) is 0 Å². The van der Waals surface area contributed by atoms with Gasteiger partial charge < -0.3 is 4.74 Å². The van der Waals surface area contributed by atoms with Gasteiger partial charge in [0.1, 0.15) is 5.75 Å². The van der Waals surface area contributed by atoms with E-state index in [1.807, 2.05) is 12.1 Å². The van der Waals surface area contributed by atoms with Gasteiger partial charge in [-0.1, -0.05) is 48.0 Å². The second-order valence-corrected chi connectivity index (χ2v) is 7.02. The number of hydrazine groups is 1. The minimum atomic E-state index is 0.315. The summed E-state index contributed by atoms with van der Waals surface area (Å²) in [5.74, 6) is 7.61. The first kappa shape index (κ1) is 16.8. The van der Waals surface area contributed by atoms with Gasteiger partial charge in [-0.2, -0.15) is 0 Å². The highest BCUT2D eigenvalue weighted by Crippen LogP contribution is 2.29. The van der Waals surface area contributed by atoms with Crippen LogP contribution in [0.15, 0.2) is 22.7 Å². The SMILES string of the molecule is COc1ccc(Br)cc1CC(CCC1CCCCC1)NN. The smallest absolute Gasteiger partial charge is 0.122 e. The molecule has 21 heavy (non-hydrogen) atoms. The second-order valence-electron chi connectivity index (χ2n) is 6.11. The Morgan fingerprint density at radius 1 is 1.33 bits per heavy atom. The lowest BCUT2D eigenvalue weighted by molar-refractivity contribution is 0.312. The van der Waals surface area contributed by atoms with Gasteiger partial charge in [-0.25, -0.2) is 0 Å². The molecule has 3 N–H and O–H groups in total. The fourth-order valence-electron chi connectivity index (χ4n) is 3.33. The molecular formula is C17H27BrN2O. The summed E-state index contributed by atoms with van der Waals surface area (Å²) in [7, 11) is 1.72. The van der Waals surface area contributed by atoms with Crippen LogP contribution in [0.2, 0.25) is 0 Å². The zero-order valence-corrected chi connectivity index (χ0v) is 14.5. The van der Waals surface area contributed by atoms with Gasteiger partial charge in [0.25, 0.3) is 0 Å². The molecule has 0 amide bonds. The minimum absolute atomic E-state index is 0.315. The predicted molar refractivity (Wildman–Crippen MR) is 91.3 cm³/mol. The Labute approximate surface area is 136 Å². The van der Waals surface area contributed by atoms with E-state index in [0.29, 0.717) is 6.04 Å². The van der Waals surface area contributed by atoms with E-state index in [1.54, 1.807) is 7.11 Å². The van der Waals surface area contributed by atoms with Gasteiger partial charge in [-0.05, 0) is 48.9 Å². The molecule has 0 spiro atoms. The molecular weight excluding hydrogens is 328 g/mol. The van der Waals surface area contributed by atoms with E-state index in [1.165, 1.54) is 44.1 Å². The van der Waals surface area contributed by atoms with Gasteiger partial charge in [-0.3, -0.25) is 11.3 Å².